The van der Waals surface area contributed by atoms with Gasteiger partial charge in [0.25, 0.3) is 0 Å². The maximum absolute atomic E-state index is 6.07. The second kappa shape index (κ2) is 4.79. The molecule has 3 unspecified atom stereocenters. The fraction of sp³-hybridized carbons (Fsp3) is 0.600. The molecule has 0 amide bonds. The normalized spacial score (nSPS) is 33.6. The van der Waals surface area contributed by atoms with Crippen LogP contribution in [0.3, 0.4) is 0 Å². The van der Waals surface area contributed by atoms with Crippen molar-refractivity contribution in [2.75, 3.05) is 6.54 Å². The second-order valence-corrected chi connectivity index (χ2v) is 5.65. The van der Waals surface area contributed by atoms with Crippen molar-refractivity contribution in [1.29, 1.82) is 0 Å². The highest BCUT2D eigenvalue weighted by atomic mass is 15.2. The highest BCUT2D eigenvalue weighted by Gasteiger charge is 2.37. The molecule has 1 aliphatic carbocycles. The smallest absolute Gasteiger partial charge is 0.0236 e. The van der Waals surface area contributed by atoms with E-state index in [2.05, 4.69) is 35.2 Å². The molecule has 0 bridgehead atoms. The van der Waals surface area contributed by atoms with Gasteiger partial charge in [-0.25, -0.2) is 0 Å². The number of likely N-dealkylation sites (tertiary alicyclic amines) is 1. The van der Waals surface area contributed by atoms with Gasteiger partial charge >= 0.3 is 0 Å². The lowest BCUT2D eigenvalue weighted by molar-refractivity contribution is 0.166. The van der Waals surface area contributed by atoms with Crippen molar-refractivity contribution in [2.45, 2.75) is 44.3 Å². The average Bonchev–Trinajstić information content (AvgIpc) is 2.73. The number of nitrogens with two attached hydrogens (primary N) is 1. The Morgan fingerprint density at radius 2 is 1.94 bits per heavy atom. The third-order valence-electron chi connectivity index (χ3n) is 4.47. The summed E-state index contributed by atoms with van der Waals surface area (Å²) in [6.07, 6.45) is 5.12. The van der Waals surface area contributed by atoms with Gasteiger partial charge in [0.15, 0.2) is 0 Å². The summed E-state index contributed by atoms with van der Waals surface area (Å²) in [5.41, 5.74) is 7.52. The van der Waals surface area contributed by atoms with Gasteiger partial charge in [-0.05, 0) is 43.7 Å². The number of hydrogen-bond acceptors (Lipinski definition) is 2. The summed E-state index contributed by atoms with van der Waals surface area (Å²) in [7, 11) is 0. The summed E-state index contributed by atoms with van der Waals surface area (Å²) >= 11 is 0. The standard InChI is InChI=1S/C15H22N2/c16-14-6-7-15-13(10-14)8-9-17(15)11-12-4-2-1-3-5-12/h1-5,13-15H,6-11,16H2. The third kappa shape index (κ3) is 2.38. The Kier molecular flexibility index (Phi) is 3.17. The Hall–Kier alpha value is -0.860. The topological polar surface area (TPSA) is 29.3 Å². The van der Waals surface area contributed by atoms with Crippen LogP contribution in [-0.4, -0.2) is 23.5 Å². The van der Waals surface area contributed by atoms with E-state index in [0.29, 0.717) is 6.04 Å². The molecule has 1 heterocycles. The second-order valence-electron chi connectivity index (χ2n) is 5.65. The minimum Gasteiger partial charge on any atom is -0.328 e. The highest BCUT2D eigenvalue weighted by Crippen LogP contribution is 2.36. The number of benzene rings is 1. The van der Waals surface area contributed by atoms with Crippen molar-refractivity contribution in [1.82, 2.24) is 4.90 Å². The minimum absolute atomic E-state index is 0.466. The Bertz CT molecular complexity index is 362. The lowest BCUT2D eigenvalue weighted by atomic mass is 9.82. The Morgan fingerprint density at radius 1 is 1.12 bits per heavy atom. The van der Waals surface area contributed by atoms with Crippen LogP contribution in [0.2, 0.25) is 0 Å². The first-order valence-electron chi connectivity index (χ1n) is 6.86. The zero-order chi connectivity index (χ0) is 11.7. The molecule has 3 rings (SSSR count). The lowest BCUT2D eigenvalue weighted by Gasteiger charge is -2.34. The molecule has 0 spiro atoms. The number of rotatable bonds is 2. The van der Waals surface area contributed by atoms with Crippen molar-refractivity contribution >= 4 is 0 Å². The van der Waals surface area contributed by atoms with Crippen LogP contribution in [0, 0.1) is 5.92 Å². The van der Waals surface area contributed by atoms with E-state index in [-0.39, 0.29) is 0 Å². The van der Waals surface area contributed by atoms with Crippen LogP contribution in [0.1, 0.15) is 31.2 Å². The van der Waals surface area contributed by atoms with Gasteiger partial charge < -0.3 is 5.73 Å². The van der Waals surface area contributed by atoms with Gasteiger partial charge in [-0.15, -0.1) is 0 Å². The van der Waals surface area contributed by atoms with E-state index in [1.807, 2.05) is 0 Å². The van der Waals surface area contributed by atoms with Gasteiger partial charge in [0.05, 0.1) is 0 Å². The summed E-state index contributed by atoms with van der Waals surface area (Å²) in [4.78, 5) is 2.67. The summed E-state index contributed by atoms with van der Waals surface area (Å²) in [5, 5.41) is 0. The minimum atomic E-state index is 0.466. The maximum atomic E-state index is 6.07. The molecule has 1 aromatic carbocycles. The molecule has 17 heavy (non-hydrogen) atoms. The molecule has 2 fully saturated rings. The molecule has 2 N–H and O–H groups in total. The van der Waals surface area contributed by atoms with E-state index >= 15 is 0 Å². The van der Waals surface area contributed by atoms with E-state index in [1.165, 1.54) is 37.8 Å². The van der Waals surface area contributed by atoms with Crippen LogP contribution in [0.25, 0.3) is 0 Å². The first kappa shape index (κ1) is 11.2. The van der Waals surface area contributed by atoms with Crippen molar-refractivity contribution in [3.8, 4) is 0 Å². The first-order valence-corrected chi connectivity index (χ1v) is 6.86. The van der Waals surface area contributed by atoms with E-state index in [0.717, 1.165) is 18.5 Å². The van der Waals surface area contributed by atoms with Crippen LogP contribution < -0.4 is 5.73 Å². The van der Waals surface area contributed by atoms with Gasteiger partial charge in [-0.3, -0.25) is 4.90 Å². The number of nitrogens with zero attached hydrogens (tertiary/aromatic N) is 1. The van der Waals surface area contributed by atoms with Crippen LogP contribution >= 0.6 is 0 Å². The number of fused-ring (bicyclic) bond motifs is 1. The summed E-state index contributed by atoms with van der Waals surface area (Å²) in [6.45, 7) is 2.38. The SMILES string of the molecule is NC1CCC2C(CCN2Cc2ccccc2)C1. The third-order valence-corrected chi connectivity index (χ3v) is 4.47. The predicted octanol–water partition coefficient (Wildman–Crippen LogP) is 2.39. The predicted molar refractivity (Wildman–Crippen MR) is 70.6 cm³/mol. The van der Waals surface area contributed by atoms with Crippen LogP contribution in [0.5, 0.6) is 0 Å². The van der Waals surface area contributed by atoms with Crippen molar-refractivity contribution in [3.63, 3.8) is 0 Å². The molecule has 0 aromatic heterocycles. The Balaban J connectivity index is 1.66. The molecule has 2 aliphatic rings. The average molecular weight is 230 g/mol. The molecule has 1 saturated heterocycles. The van der Waals surface area contributed by atoms with Crippen LogP contribution in [0.15, 0.2) is 30.3 Å². The van der Waals surface area contributed by atoms with Crippen molar-refractivity contribution in [3.05, 3.63) is 35.9 Å². The first-order chi connectivity index (χ1) is 8.33. The molecule has 2 heteroatoms. The molecule has 1 saturated carbocycles. The largest absolute Gasteiger partial charge is 0.328 e. The van der Waals surface area contributed by atoms with Crippen molar-refractivity contribution in [2.24, 2.45) is 11.7 Å². The van der Waals surface area contributed by atoms with E-state index in [4.69, 9.17) is 5.73 Å². The molecular formula is C15H22N2. The zero-order valence-electron chi connectivity index (χ0n) is 10.4. The zero-order valence-corrected chi connectivity index (χ0v) is 10.4. The molecule has 1 aromatic rings. The van der Waals surface area contributed by atoms with Crippen LogP contribution in [0.4, 0.5) is 0 Å². The maximum Gasteiger partial charge on any atom is 0.0236 e. The summed E-state index contributed by atoms with van der Waals surface area (Å²) < 4.78 is 0. The molecule has 2 nitrogen and oxygen atoms in total. The monoisotopic (exact) mass is 230 g/mol. The van der Waals surface area contributed by atoms with Gasteiger partial charge in [0, 0.05) is 18.6 Å². The fourth-order valence-electron chi connectivity index (χ4n) is 3.59. The highest BCUT2D eigenvalue weighted by molar-refractivity contribution is 5.15. The van der Waals surface area contributed by atoms with Gasteiger partial charge in [0.2, 0.25) is 0 Å². The summed E-state index contributed by atoms with van der Waals surface area (Å²) in [6, 6.07) is 12.1. The van der Waals surface area contributed by atoms with Gasteiger partial charge in [-0.2, -0.15) is 0 Å². The summed E-state index contributed by atoms with van der Waals surface area (Å²) in [5.74, 6) is 0.863. The molecular weight excluding hydrogens is 208 g/mol. The molecule has 3 atom stereocenters. The molecule has 92 valence electrons. The fourth-order valence-corrected chi connectivity index (χ4v) is 3.59. The van der Waals surface area contributed by atoms with Crippen LogP contribution in [-0.2, 0) is 6.54 Å². The Labute approximate surface area is 104 Å². The Morgan fingerprint density at radius 3 is 2.76 bits per heavy atom. The van der Waals surface area contributed by atoms with Gasteiger partial charge in [-0.1, -0.05) is 30.3 Å². The lowest BCUT2D eigenvalue weighted by Crippen LogP contribution is -2.40. The van der Waals surface area contributed by atoms with Crippen molar-refractivity contribution < 1.29 is 0 Å². The van der Waals surface area contributed by atoms with E-state index in [1.54, 1.807) is 0 Å². The molecule has 1 aliphatic heterocycles. The van der Waals surface area contributed by atoms with E-state index in [9.17, 15) is 0 Å². The number of hydrogen-bond donors (Lipinski definition) is 1. The molecule has 0 radical (unpaired) electrons. The quantitative estimate of drug-likeness (QED) is 0.845. The van der Waals surface area contributed by atoms with E-state index < -0.39 is 0 Å². The van der Waals surface area contributed by atoms with Gasteiger partial charge in [0.1, 0.15) is 0 Å².